The molecular weight excluding hydrogens is 388 g/mol. The molecule has 0 amide bonds. The average molecular weight is 415 g/mol. The van der Waals surface area contributed by atoms with Crippen LogP contribution in [0.1, 0.15) is 30.6 Å². The number of aliphatic hydroxyl groups is 1. The molecule has 0 aliphatic heterocycles. The number of methoxy groups -OCH3 is 1. The number of hydrogen-bond acceptors (Lipinski definition) is 5. The largest absolute Gasteiger partial charge is 0.497 e. The van der Waals surface area contributed by atoms with E-state index in [1.165, 1.54) is 24.8 Å². The minimum Gasteiger partial charge on any atom is -0.497 e. The highest BCUT2D eigenvalue weighted by atomic mass is 35.5. The van der Waals surface area contributed by atoms with Crippen LogP contribution in [0.2, 0.25) is 0 Å². The smallest absolute Gasteiger partial charge is 0.238 e. The van der Waals surface area contributed by atoms with E-state index in [1.807, 2.05) is 18.2 Å². The third-order valence-corrected chi connectivity index (χ3v) is 5.11. The summed E-state index contributed by atoms with van der Waals surface area (Å²) in [5.74, 6) is 0.336. The Balaban J connectivity index is 0.00000364. The zero-order valence-electron chi connectivity index (χ0n) is 15.5. The van der Waals surface area contributed by atoms with Gasteiger partial charge in [-0.3, -0.25) is 0 Å². The predicted molar refractivity (Wildman–Crippen MR) is 109 cm³/mol. The maximum Gasteiger partial charge on any atom is 0.238 e. The van der Waals surface area contributed by atoms with E-state index < -0.39 is 16.1 Å². The Morgan fingerprint density at radius 2 is 1.85 bits per heavy atom. The van der Waals surface area contributed by atoms with E-state index in [0.29, 0.717) is 17.9 Å². The summed E-state index contributed by atoms with van der Waals surface area (Å²) in [5, 5.41) is 18.9. The van der Waals surface area contributed by atoms with Crippen molar-refractivity contribution in [2.45, 2.75) is 36.8 Å². The second-order valence-electron chi connectivity index (χ2n) is 6.34. The maximum absolute atomic E-state index is 11.6. The lowest BCUT2D eigenvalue weighted by Crippen LogP contribution is -2.31. The quantitative estimate of drug-likeness (QED) is 0.584. The molecule has 0 fully saturated rings. The highest BCUT2D eigenvalue weighted by Gasteiger charge is 2.16. The van der Waals surface area contributed by atoms with E-state index in [9.17, 15) is 13.5 Å². The van der Waals surface area contributed by atoms with Gasteiger partial charge in [-0.15, -0.1) is 12.4 Å². The van der Waals surface area contributed by atoms with Gasteiger partial charge in [0.05, 0.1) is 18.1 Å². The molecule has 0 aliphatic rings. The lowest BCUT2D eigenvalue weighted by atomic mass is 10.1. The van der Waals surface area contributed by atoms with Gasteiger partial charge < -0.3 is 15.2 Å². The first-order valence-corrected chi connectivity index (χ1v) is 10.0. The fourth-order valence-corrected chi connectivity index (χ4v) is 3.21. The third-order valence-electron chi connectivity index (χ3n) is 4.22. The Hall–Kier alpha value is -1.64. The van der Waals surface area contributed by atoms with Crippen molar-refractivity contribution < 1.29 is 18.3 Å². The lowest BCUT2D eigenvalue weighted by molar-refractivity contribution is 0.169. The Labute approximate surface area is 167 Å². The van der Waals surface area contributed by atoms with Crippen LogP contribution in [0.5, 0.6) is 5.75 Å². The molecule has 0 aromatic heterocycles. The molecule has 2 aromatic rings. The third kappa shape index (κ3) is 7.48. The van der Waals surface area contributed by atoms with Crippen molar-refractivity contribution in [2.24, 2.45) is 5.14 Å². The number of sulfonamides is 1. The molecule has 4 N–H and O–H groups in total. The molecule has 0 spiro atoms. The molecule has 0 radical (unpaired) electrons. The zero-order chi connectivity index (χ0) is 19.2. The second kappa shape index (κ2) is 10.6. The van der Waals surface area contributed by atoms with Crippen molar-refractivity contribution in [1.29, 1.82) is 0 Å². The van der Waals surface area contributed by atoms with Crippen molar-refractivity contribution in [2.75, 3.05) is 13.7 Å². The molecule has 0 saturated heterocycles. The standard InChI is InChI=1S/C19H26N2O4S.ClH/c1-14(8-9-15-6-4-3-5-7-15)21-13-19(22)16-10-17(25-2)12-18(11-16)26(20,23)24;/h3-7,10-12,14,19,21-22H,8-9,13H2,1-2H3,(H2,20,23,24);1H. The van der Waals surface area contributed by atoms with Crippen LogP contribution in [0.3, 0.4) is 0 Å². The molecule has 2 atom stereocenters. The predicted octanol–water partition coefficient (Wildman–Crippen LogP) is 2.41. The molecule has 150 valence electrons. The normalized spacial score (nSPS) is 13.5. The van der Waals surface area contributed by atoms with Crippen LogP contribution in [0, 0.1) is 0 Å². The minimum atomic E-state index is -3.87. The molecule has 8 heteroatoms. The first kappa shape index (κ1) is 23.4. The van der Waals surface area contributed by atoms with Crippen molar-refractivity contribution in [3.05, 3.63) is 59.7 Å². The van der Waals surface area contributed by atoms with Gasteiger partial charge >= 0.3 is 0 Å². The van der Waals surface area contributed by atoms with E-state index in [0.717, 1.165) is 12.8 Å². The number of hydrogen-bond donors (Lipinski definition) is 3. The van der Waals surface area contributed by atoms with Gasteiger partial charge in [0.25, 0.3) is 0 Å². The number of rotatable bonds is 9. The van der Waals surface area contributed by atoms with Gasteiger partial charge in [-0.1, -0.05) is 30.3 Å². The van der Waals surface area contributed by atoms with Crippen molar-refractivity contribution >= 4 is 22.4 Å². The van der Waals surface area contributed by atoms with Crippen LogP contribution < -0.4 is 15.2 Å². The van der Waals surface area contributed by atoms with Crippen LogP contribution >= 0.6 is 12.4 Å². The van der Waals surface area contributed by atoms with Crippen LogP contribution in [0.15, 0.2) is 53.4 Å². The molecule has 2 unspecified atom stereocenters. The van der Waals surface area contributed by atoms with Crippen LogP contribution in [-0.4, -0.2) is 33.2 Å². The molecule has 2 aromatic carbocycles. The highest BCUT2D eigenvalue weighted by molar-refractivity contribution is 7.89. The number of aliphatic hydroxyl groups excluding tert-OH is 1. The maximum atomic E-state index is 11.6. The molecule has 0 saturated carbocycles. The summed E-state index contributed by atoms with van der Waals surface area (Å²) in [7, 11) is -2.44. The molecule has 2 rings (SSSR count). The molecule has 0 aliphatic carbocycles. The zero-order valence-corrected chi connectivity index (χ0v) is 17.1. The van der Waals surface area contributed by atoms with Gasteiger partial charge in [0.2, 0.25) is 10.0 Å². The number of nitrogens with one attached hydrogen (secondary N) is 1. The summed E-state index contributed by atoms with van der Waals surface area (Å²) in [4.78, 5) is -0.0805. The van der Waals surface area contributed by atoms with Crippen LogP contribution in [0.25, 0.3) is 0 Å². The van der Waals surface area contributed by atoms with Gasteiger partial charge in [0.15, 0.2) is 0 Å². The summed E-state index contributed by atoms with van der Waals surface area (Å²) in [6.45, 7) is 2.35. The summed E-state index contributed by atoms with van der Waals surface area (Å²) < 4.78 is 28.3. The molecule has 6 nitrogen and oxygen atoms in total. The van der Waals surface area contributed by atoms with E-state index in [4.69, 9.17) is 9.88 Å². The Bertz CT molecular complexity index is 816. The Morgan fingerprint density at radius 3 is 2.44 bits per heavy atom. The Morgan fingerprint density at radius 1 is 1.19 bits per heavy atom. The number of ether oxygens (including phenoxy) is 1. The van der Waals surface area contributed by atoms with Crippen LogP contribution in [0.4, 0.5) is 0 Å². The lowest BCUT2D eigenvalue weighted by Gasteiger charge is -2.18. The first-order chi connectivity index (χ1) is 12.3. The number of aryl methyl sites for hydroxylation is 1. The molecule has 0 bridgehead atoms. The average Bonchev–Trinajstić information content (AvgIpc) is 2.64. The van der Waals surface area contributed by atoms with E-state index in [-0.39, 0.29) is 23.3 Å². The topological polar surface area (TPSA) is 102 Å². The summed E-state index contributed by atoms with van der Waals surface area (Å²) in [6, 6.07) is 14.7. The summed E-state index contributed by atoms with van der Waals surface area (Å²) in [5.41, 5.74) is 1.71. The van der Waals surface area contributed by atoms with E-state index >= 15 is 0 Å². The number of benzene rings is 2. The van der Waals surface area contributed by atoms with E-state index in [2.05, 4.69) is 24.4 Å². The van der Waals surface area contributed by atoms with Crippen molar-refractivity contribution in [3.63, 3.8) is 0 Å². The van der Waals surface area contributed by atoms with Crippen LogP contribution in [-0.2, 0) is 16.4 Å². The highest BCUT2D eigenvalue weighted by Crippen LogP contribution is 2.24. The molecule has 27 heavy (non-hydrogen) atoms. The van der Waals surface area contributed by atoms with E-state index in [1.54, 1.807) is 6.07 Å². The fraction of sp³-hybridized carbons (Fsp3) is 0.368. The van der Waals surface area contributed by atoms with Gasteiger partial charge in [0, 0.05) is 18.7 Å². The van der Waals surface area contributed by atoms with Gasteiger partial charge in [0.1, 0.15) is 5.75 Å². The minimum absolute atomic E-state index is 0. The molecular formula is C19H27ClN2O4S. The van der Waals surface area contributed by atoms with Gasteiger partial charge in [-0.2, -0.15) is 0 Å². The number of primary sulfonamides is 1. The second-order valence-corrected chi connectivity index (χ2v) is 7.90. The number of halogens is 1. The fourth-order valence-electron chi connectivity index (χ4n) is 2.63. The monoisotopic (exact) mass is 414 g/mol. The first-order valence-electron chi connectivity index (χ1n) is 8.46. The number of nitrogens with two attached hydrogens (primary N) is 1. The van der Waals surface area contributed by atoms with Crippen molar-refractivity contribution in [3.8, 4) is 5.75 Å². The molecule has 0 heterocycles. The SMILES string of the molecule is COc1cc(C(O)CNC(C)CCc2ccccc2)cc(S(N)(=O)=O)c1.Cl. The van der Waals surface area contributed by atoms with Gasteiger partial charge in [-0.05, 0) is 43.0 Å². The Kier molecular flexibility index (Phi) is 9.21. The summed E-state index contributed by atoms with van der Waals surface area (Å²) >= 11 is 0. The van der Waals surface area contributed by atoms with Gasteiger partial charge in [-0.25, -0.2) is 13.6 Å². The summed E-state index contributed by atoms with van der Waals surface area (Å²) in [6.07, 6.45) is 1.00. The van der Waals surface area contributed by atoms with Crippen molar-refractivity contribution in [1.82, 2.24) is 5.32 Å².